The minimum atomic E-state index is 0.663. The molecule has 6 heteroatoms. The lowest BCUT2D eigenvalue weighted by atomic mass is 10.2. The topological polar surface area (TPSA) is 54.9 Å². The maximum Gasteiger partial charge on any atom is 0.191 e. The number of rotatable bonds is 7. The fourth-order valence-electron chi connectivity index (χ4n) is 2.07. The van der Waals surface area contributed by atoms with E-state index in [4.69, 9.17) is 9.47 Å². The SMILES string of the molecule is CCNC(=NCc1ccsc1)NCc1ccc(OC)c(OC)c1. The minimum Gasteiger partial charge on any atom is -0.493 e. The van der Waals surface area contributed by atoms with Gasteiger partial charge in [-0.25, -0.2) is 4.99 Å². The Morgan fingerprint density at radius 3 is 2.57 bits per heavy atom. The Bertz CT molecular complexity index is 627. The van der Waals surface area contributed by atoms with Gasteiger partial charge in [-0.05, 0) is 47.0 Å². The first-order chi connectivity index (χ1) is 11.3. The normalized spacial score (nSPS) is 11.2. The Balaban J connectivity index is 1.99. The first-order valence-electron chi connectivity index (χ1n) is 7.51. The third-order valence-electron chi connectivity index (χ3n) is 3.25. The van der Waals surface area contributed by atoms with Crippen molar-refractivity contribution in [1.29, 1.82) is 0 Å². The van der Waals surface area contributed by atoms with Gasteiger partial charge in [-0.3, -0.25) is 0 Å². The third kappa shape index (κ3) is 5.17. The van der Waals surface area contributed by atoms with Crippen molar-refractivity contribution in [2.45, 2.75) is 20.0 Å². The lowest BCUT2D eigenvalue weighted by Crippen LogP contribution is -2.36. The summed E-state index contributed by atoms with van der Waals surface area (Å²) in [6, 6.07) is 7.97. The monoisotopic (exact) mass is 333 g/mol. The molecule has 0 unspecified atom stereocenters. The Morgan fingerprint density at radius 1 is 1.09 bits per heavy atom. The minimum absolute atomic E-state index is 0.663. The summed E-state index contributed by atoms with van der Waals surface area (Å²) in [6.07, 6.45) is 0. The van der Waals surface area contributed by atoms with Crippen molar-refractivity contribution in [3.05, 3.63) is 46.2 Å². The van der Waals surface area contributed by atoms with Crippen LogP contribution >= 0.6 is 11.3 Å². The van der Waals surface area contributed by atoms with Crippen LogP contribution in [0.5, 0.6) is 11.5 Å². The molecule has 1 aromatic heterocycles. The molecule has 0 spiro atoms. The highest BCUT2D eigenvalue weighted by Gasteiger charge is 2.05. The summed E-state index contributed by atoms with van der Waals surface area (Å²) in [7, 11) is 3.28. The van der Waals surface area contributed by atoms with E-state index in [1.54, 1.807) is 25.6 Å². The lowest BCUT2D eigenvalue weighted by molar-refractivity contribution is 0.354. The maximum absolute atomic E-state index is 5.33. The van der Waals surface area contributed by atoms with Gasteiger partial charge in [-0.15, -0.1) is 0 Å². The van der Waals surface area contributed by atoms with Crippen LogP contribution < -0.4 is 20.1 Å². The molecule has 5 nitrogen and oxygen atoms in total. The van der Waals surface area contributed by atoms with E-state index < -0.39 is 0 Å². The predicted molar refractivity (Wildman–Crippen MR) is 95.5 cm³/mol. The van der Waals surface area contributed by atoms with E-state index >= 15 is 0 Å². The highest BCUT2D eigenvalue weighted by atomic mass is 32.1. The zero-order chi connectivity index (χ0) is 16.5. The summed E-state index contributed by atoms with van der Waals surface area (Å²) >= 11 is 1.69. The molecule has 0 bridgehead atoms. The number of nitrogens with zero attached hydrogens (tertiary/aromatic N) is 1. The second-order valence-corrected chi connectivity index (χ2v) is 5.65. The van der Waals surface area contributed by atoms with E-state index in [-0.39, 0.29) is 0 Å². The zero-order valence-electron chi connectivity index (χ0n) is 13.8. The molecule has 2 aromatic rings. The molecule has 0 saturated heterocycles. The number of guanidine groups is 1. The molecule has 0 aliphatic carbocycles. The van der Waals surface area contributed by atoms with Gasteiger partial charge in [-0.1, -0.05) is 6.07 Å². The lowest BCUT2D eigenvalue weighted by Gasteiger charge is -2.13. The summed E-state index contributed by atoms with van der Waals surface area (Å²) in [5, 5.41) is 10.8. The van der Waals surface area contributed by atoms with Crippen LogP contribution in [-0.2, 0) is 13.1 Å². The molecule has 0 radical (unpaired) electrons. The Labute approximate surface area is 141 Å². The van der Waals surface area contributed by atoms with E-state index in [0.717, 1.165) is 29.6 Å². The van der Waals surface area contributed by atoms with Crippen LogP contribution in [0.1, 0.15) is 18.1 Å². The number of aliphatic imine (C=N–C) groups is 1. The molecule has 1 heterocycles. The van der Waals surface area contributed by atoms with Crippen LogP contribution in [-0.4, -0.2) is 26.7 Å². The van der Waals surface area contributed by atoms with E-state index in [1.165, 1.54) is 5.56 Å². The smallest absolute Gasteiger partial charge is 0.191 e. The molecular formula is C17H23N3O2S. The number of hydrogen-bond acceptors (Lipinski definition) is 4. The molecule has 0 saturated carbocycles. The van der Waals surface area contributed by atoms with Gasteiger partial charge in [0.2, 0.25) is 0 Å². The van der Waals surface area contributed by atoms with E-state index in [9.17, 15) is 0 Å². The highest BCUT2D eigenvalue weighted by molar-refractivity contribution is 7.07. The summed E-state index contributed by atoms with van der Waals surface area (Å²) in [5.74, 6) is 2.26. The van der Waals surface area contributed by atoms with Gasteiger partial charge < -0.3 is 20.1 Å². The fraction of sp³-hybridized carbons (Fsp3) is 0.353. The van der Waals surface area contributed by atoms with E-state index in [1.807, 2.05) is 18.2 Å². The average Bonchev–Trinajstić information content (AvgIpc) is 3.10. The number of methoxy groups -OCH3 is 2. The second kappa shape index (κ2) is 9.05. The molecule has 124 valence electrons. The van der Waals surface area contributed by atoms with Crippen LogP contribution in [0.2, 0.25) is 0 Å². The average molecular weight is 333 g/mol. The van der Waals surface area contributed by atoms with Crippen molar-refractivity contribution < 1.29 is 9.47 Å². The molecule has 23 heavy (non-hydrogen) atoms. The van der Waals surface area contributed by atoms with Gasteiger partial charge >= 0.3 is 0 Å². The second-order valence-electron chi connectivity index (χ2n) is 4.87. The molecule has 2 N–H and O–H groups in total. The Hall–Kier alpha value is -2.21. The molecule has 2 rings (SSSR count). The van der Waals surface area contributed by atoms with Gasteiger partial charge in [0.1, 0.15) is 0 Å². The standard InChI is InChI=1S/C17H23N3O2S/c1-4-18-17(20-11-14-7-8-23-12-14)19-10-13-5-6-15(21-2)16(9-13)22-3/h5-9,12H,4,10-11H2,1-3H3,(H2,18,19,20). The maximum atomic E-state index is 5.33. The Morgan fingerprint density at radius 2 is 1.91 bits per heavy atom. The summed E-state index contributed by atoms with van der Waals surface area (Å²) in [4.78, 5) is 4.59. The molecule has 0 atom stereocenters. The van der Waals surface area contributed by atoms with Crippen molar-refractivity contribution >= 4 is 17.3 Å². The predicted octanol–water partition coefficient (Wildman–Crippen LogP) is 3.02. The Kier molecular flexibility index (Phi) is 6.75. The number of benzene rings is 1. The molecule has 0 amide bonds. The summed E-state index contributed by atoms with van der Waals surface area (Å²) in [5.41, 5.74) is 2.32. The van der Waals surface area contributed by atoms with Crippen molar-refractivity contribution in [1.82, 2.24) is 10.6 Å². The molecule has 0 aliphatic heterocycles. The number of thiophene rings is 1. The molecule has 1 aromatic carbocycles. The summed E-state index contributed by atoms with van der Waals surface area (Å²) < 4.78 is 10.6. The highest BCUT2D eigenvalue weighted by Crippen LogP contribution is 2.27. The number of ether oxygens (including phenoxy) is 2. The third-order valence-corrected chi connectivity index (χ3v) is 3.98. The van der Waals surface area contributed by atoms with Gasteiger partial charge in [0, 0.05) is 13.1 Å². The van der Waals surface area contributed by atoms with Gasteiger partial charge in [-0.2, -0.15) is 11.3 Å². The van der Waals surface area contributed by atoms with E-state index in [0.29, 0.717) is 13.1 Å². The van der Waals surface area contributed by atoms with Crippen LogP contribution in [0, 0.1) is 0 Å². The van der Waals surface area contributed by atoms with E-state index in [2.05, 4.69) is 39.4 Å². The van der Waals surface area contributed by atoms with Gasteiger partial charge in [0.05, 0.1) is 20.8 Å². The van der Waals surface area contributed by atoms with Crippen LogP contribution in [0.25, 0.3) is 0 Å². The van der Waals surface area contributed by atoms with Crippen molar-refractivity contribution in [3.8, 4) is 11.5 Å². The summed E-state index contributed by atoms with van der Waals surface area (Å²) in [6.45, 7) is 4.21. The van der Waals surface area contributed by atoms with Crippen molar-refractivity contribution in [2.24, 2.45) is 4.99 Å². The first-order valence-corrected chi connectivity index (χ1v) is 8.45. The van der Waals surface area contributed by atoms with Crippen LogP contribution in [0.15, 0.2) is 40.0 Å². The quantitative estimate of drug-likeness (QED) is 0.604. The molecule has 0 fully saturated rings. The fourth-order valence-corrected chi connectivity index (χ4v) is 2.73. The molecular weight excluding hydrogens is 310 g/mol. The van der Waals surface area contributed by atoms with Crippen LogP contribution in [0.4, 0.5) is 0 Å². The molecule has 0 aliphatic rings. The van der Waals surface area contributed by atoms with Crippen molar-refractivity contribution in [2.75, 3.05) is 20.8 Å². The largest absolute Gasteiger partial charge is 0.493 e. The van der Waals surface area contributed by atoms with Gasteiger partial charge in [0.25, 0.3) is 0 Å². The number of nitrogens with one attached hydrogen (secondary N) is 2. The first kappa shape index (κ1) is 17.1. The number of hydrogen-bond donors (Lipinski definition) is 2. The van der Waals surface area contributed by atoms with Gasteiger partial charge in [0.15, 0.2) is 17.5 Å². The van der Waals surface area contributed by atoms with Crippen molar-refractivity contribution in [3.63, 3.8) is 0 Å². The zero-order valence-corrected chi connectivity index (χ0v) is 14.6. The van der Waals surface area contributed by atoms with Crippen LogP contribution in [0.3, 0.4) is 0 Å².